The van der Waals surface area contributed by atoms with Crippen LogP contribution < -0.4 is 5.32 Å². The first-order valence-corrected chi connectivity index (χ1v) is 11.6. The highest BCUT2D eigenvalue weighted by molar-refractivity contribution is 7.88. The third-order valence-corrected chi connectivity index (χ3v) is 6.79. The second-order valence-electron chi connectivity index (χ2n) is 7.58. The van der Waals surface area contributed by atoms with Crippen LogP contribution in [-0.2, 0) is 14.8 Å². The van der Waals surface area contributed by atoms with E-state index in [-0.39, 0.29) is 17.9 Å². The molecule has 4 rings (SSSR count). The molecule has 1 N–H and O–H groups in total. The van der Waals surface area contributed by atoms with Gasteiger partial charge in [-0.05, 0) is 37.8 Å². The molecule has 0 radical (unpaired) electrons. The van der Waals surface area contributed by atoms with Crippen molar-refractivity contribution in [2.75, 3.05) is 32.5 Å². The highest BCUT2D eigenvalue weighted by Gasteiger charge is 2.31. The van der Waals surface area contributed by atoms with Crippen LogP contribution in [0, 0.1) is 0 Å². The molecule has 0 aromatic carbocycles. The van der Waals surface area contributed by atoms with E-state index in [1.165, 1.54) is 10.6 Å². The Bertz CT molecular complexity index is 965. The maximum absolute atomic E-state index is 12.8. The average Bonchev–Trinajstić information content (AvgIpc) is 3.33. The maximum Gasteiger partial charge on any atom is 0.272 e. The Morgan fingerprint density at radius 2 is 2.18 bits per heavy atom. The van der Waals surface area contributed by atoms with Crippen molar-refractivity contribution in [3.05, 3.63) is 35.9 Å². The van der Waals surface area contributed by atoms with Gasteiger partial charge in [0.25, 0.3) is 5.91 Å². The Morgan fingerprint density at radius 3 is 2.93 bits per heavy atom. The molecule has 0 bridgehead atoms. The molecular weight excluding hydrogens is 380 g/mol. The van der Waals surface area contributed by atoms with Gasteiger partial charge in [-0.1, -0.05) is 6.07 Å². The lowest BCUT2D eigenvalue weighted by Gasteiger charge is -2.30. The summed E-state index contributed by atoms with van der Waals surface area (Å²) in [5, 5.41) is 2.94. The van der Waals surface area contributed by atoms with Crippen LogP contribution in [0.4, 0.5) is 0 Å². The van der Waals surface area contributed by atoms with Gasteiger partial charge in [-0.25, -0.2) is 17.7 Å². The molecule has 2 aromatic heterocycles. The maximum atomic E-state index is 12.8. The van der Waals surface area contributed by atoms with Gasteiger partial charge in [0, 0.05) is 38.4 Å². The number of carbonyl (C=O) groups is 1. The zero-order chi connectivity index (χ0) is 19.7. The minimum Gasteiger partial charge on any atom is -0.376 e. The molecule has 28 heavy (non-hydrogen) atoms. The van der Waals surface area contributed by atoms with Crippen LogP contribution in [0.3, 0.4) is 0 Å². The number of piperidine rings is 1. The third kappa shape index (κ3) is 3.92. The number of nitrogens with one attached hydrogen (secondary N) is 1. The van der Waals surface area contributed by atoms with Gasteiger partial charge in [-0.15, -0.1) is 0 Å². The number of aromatic nitrogens is 2. The van der Waals surface area contributed by atoms with Gasteiger partial charge in [-0.2, -0.15) is 0 Å². The fourth-order valence-corrected chi connectivity index (χ4v) is 4.98. The van der Waals surface area contributed by atoms with Crippen LogP contribution in [0.25, 0.3) is 5.52 Å². The normalized spacial score (nSPS) is 23.9. The molecule has 2 aliphatic rings. The Hall–Kier alpha value is -1.97. The summed E-state index contributed by atoms with van der Waals surface area (Å²) in [6.07, 6.45) is 6.79. The van der Waals surface area contributed by atoms with Gasteiger partial charge in [0.1, 0.15) is 5.82 Å². The van der Waals surface area contributed by atoms with Gasteiger partial charge in [0.15, 0.2) is 5.69 Å². The molecular formula is C19H26N4O4S. The highest BCUT2D eigenvalue weighted by atomic mass is 32.2. The predicted octanol–water partition coefficient (Wildman–Crippen LogP) is 1.38. The van der Waals surface area contributed by atoms with Crippen molar-refractivity contribution in [3.8, 4) is 0 Å². The van der Waals surface area contributed by atoms with Crippen LogP contribution in [0.5, 0.6) is 0 Å². The summed E-state index contributed by atoms with van der Waals surface area (Å²) in [6, 6.07) is 5.64. The molecule has 2 saturated heterocycles. The highest BCUT2D eigenvalue weighted by Crippen LogP contribution is 2.29. The van der Waals surface area contributed by atoms with Crippen molar-refractivity contribution in [1.29, 1.82) is 0 Å². The van der Waals surface area contributed by atoms with Crippen LogP contribution in [0.15, 0.2) is 24.4 Å². The number of pyridine rings is 1. The lowest BCUT2D eigenvalue weighted by Crippen LogP contribution is -2.38. The molecule has 0 aliphatic carbocycles. The average molecular weight is 407 g/mol. The van der Waals surface area contributed by atoms with Gasteiger partial charge >= 0.3 is 0 Å². The molecule has 0 spiro atoms. The summed E-state index contributed by atoms with van der Waals surface area (Å²) in [5.41, 5.74) is 1.11. The largest absolute Gasteiger partial charge is 0.376 e. The van der Waals surface area contributed by atoms with Crippen LogP contribution in [0.1, 0.15) is 47.9 Å². The van der Waals surface area contributed by atoms with E-state index in [1.807, 2.05) is 28.8 Å². The van der Waals surface area contributed by atoms with Crippen molar-refractivity contribution in [1.82, 2.24) is 19.0 Å². The Kier molecular flexibility index (Phi) is 5.39. The Labute approximate surface area is 164 Å². The SMILES string of the molecule is CS(=O)(=O)N1CCC[C@@H](c2nc(C(=O)NC[C@H]3CCCO3)c3ccccn23)C1. The van der Waals surface area contributed by atoms with Crippen LogP contribution in [0.2, 0.25) is 0 Å². The second kappa shape index (κ2) is 7.81. The zero-order valence-corrected chi connectivity index (χ0v) is 16.8. The minimum atomic E-state index is -3.24. The lowest BCUT2D eigenvalue weighted by molar-refractivity contribution is 0.0855. The van der Waals surface area contributed by atoms with Crippen molar-refractivity contribution in [3.63, 3.8) is 0 Å². The number of sulfonamides is 1. The number of imidazole rings is 1. The number of ether oxygens (including phenoxy) is 1. The van der Waals surface area contributed by atoms with Gasteiger partial charge in [0.2, 0.25) is 10.0 Å². The fourth-order valence-electron chi connectivity index (χ4n) is 4.07. The molecule has 9 heteroatoms. The van der Waals surface area contributed by atoms with E-state index in [4.69, 9.17) is 4.74 Å². The monoisotopic (exact) mass is 406 g/mol. The van der Waals surface area contributed by atoms with Crippen LogP contribution in [-0.4, -0.2) is 66.6 Å². The molecule has 2 fully saturated rings. The number of amides is 1. The zero-order valence-electron chi connectivity index (χ0n) is 16.0. The summed E-state index contributed by atoms with van der Waals surface area (Å²) in [5.74, 6) is 0.477. The standard InChI is InChI=1S/C19H26N4O4S/c1-28(25,26)22-9-4-6-14(13-22)18-21-17(16-8-2-3-10-23(16)18)19(24)20-12-15-7-5-11-27-15/h2-3,8,10,14-15H,4-7,9,11-13H2,1H3,(H,20,24)/t14-,15-/m1/s1. The van der Waals surface area contributed by atoms with E-state index in [0.717, 1.165) is 43.6 Å². The molecule has 0 saturated carbocycles. The molecule has 152 valence electrons. The van der Waals surface area contributed by atoms with Gasteiger partial charge in [-0.3, -0.25) is 4.79 Å². The van der Waals surface area contributed by atoms with Crippen molar-refractivity contribution < 1.29 is 17.9 Å². The van der Waals surface area contributed by atoms with E-state index in [2.05, 4.69) is 10.3 Å². The molecule has 4 heterocycles. The molecule has 1 amide bonds. The Morgan fingerprint density at radius 1 is 1.32 bits per heavy atom. The first kappa shape index (κ1) is 19.4. The Balaban J connectivity index is 1.60. The van der Waals surface area contributed by atoms with Crippen molar-refractivity contribution in [2.45, 2.75) is 37.7 Å². The number of rotatable bonds is 5. The summed E-state index contributed by atoms with van der Waals surface area (Å²) in [7, 11) is -3.24. The van der Waals surface area contributed by atoms with E-state index in [0.29, 0.717) is 25.3 Å². The van der Waals surface area contributed by atoms with Crippen LogP contribution >= 0.6 is 0 Å². The van der Waals surface area contributed by atoms with Crippen molar-refractivity contribution in [2.24, 2.45) is 0 Å². The van der Waals surface area contributed by atoms with Gasteiger partial charge < -0.3 is 14.5 Å². The minimum absolute atomic E-state index is 0.0434. The topological polar surface area (TPSA) is 93.0 Å². The number of hydrogen-bond donors (Lipinski definition) is 1. The van der Waals surface area contributed by atoms with Gasteiger partial charge in [0.05, 0.1) is 17.9 Å². The number of carbonyl (C=O) groups excluding carboxylic acids is 1. The molecule has 0 unspecified atom stereocenters. The summed E-state index contributed by atoms with van der Waals surface area (Å²) < 4.78 is 32.9. The number of nitrogens with zero attached hydrogens (tertiary/aromatic N) is 3. The lowest BCUT2D eigenvalue weighted by atomic mass is 9.99. The van der Waals surface area contributed by atoms with E-state index in [9.17, 15) is 13.2 Å². The van der Waals surface area contributed by atoms with E-state index in [1.54, 1.807) is 0 Å². The fraction of sp³-hybridized carbons (Fsp3) is 0.579. The molecule has 2 aromatic rings. The predicted molar refractivity (Wildman–Crippen MR) is 105 cm³/mol. The quantitative estimate of drug-likeness (QED) is 0.810. The number of fused-ring (bicyclic) bond motifs is 1. The second-order valence-corrected chi connectivity index (χ2v) is 9.56. The molecule has 2 aliphatic heterocycles. The van der Waals surface area contributed by atoms with E-state index >= 15 is 0 Å². The molecule has 8 nitrogen and oxygen atoms in total. The molecule has 2 atom stereocenters. The van der Waals surface area contributed by atoms with Crippen molar-refractivity contribution >= 4 is 21.4 Å². The summed E-state index contributed by atoms with van der Waals surface area (Å²) in [4.78, 5) is 17.4. The number of hydrogen-bond acceptors (Lipinski definition) is 5. The smallest absolute Gasteiger partial charge is 0.272 e. The summed E-state index contributed by atoms with van der Waals surface area (Å²) in [6.45, 7) is 2.15. The first-order valence-electron chi connectivity index (χ1n) is 9.75. The third-order valence-electron chi connectivity index (χ3n) is 5.52. The van der Waals surface area contributed by atoms with E-state index < -0.39 is 10.0 Å². The summed E-state index contributed by atoms with van der Waals surface area (Å²) >= 11 is 0. The first-order chi connectivity index (χ1) is 13.4.